The van der Waals surface area contributed by atoms with E-state index in [0.29, 0.717) is 17.9 Å². The van der Waals surface area contributed by atoms with Crippen molar-refractivity contribution in [1.29, 1.82) is 5.26 Å². The molecule has 1 aliphatic carbocycles. The van der Waals surface area contributed by atoms with Gasteiger partial charge >= 0.3 is 0 Å². The van der Waals surface area contributed by atoms with Crippen LogP contribution < -0.4 is 5.73 Å². The molecule has 72 valence electrons. The van der Waals surface area contributed by atoms with Crippen LogP contribution in [-0.2, 0) is 0 Å². The molecule has 14 heavy (non-hydrogen) atoms. The zero-order valence-corrected chi connectivity index (χ0v) is 8.27. The van der Waals surface area contributed by atoms with Gasteiger partial charge in [0.05, 0.1) is 11.6 Å². The Morgan fingerprint density at radius 3 is 2.43 bits per heavy atom. The molecule has 0 radical (unpaired) electrons. The van der Waals surface area contributed by atoms with Gasteiger partial charge < -0.3 is 5.73 Å². The Kier molecular flexibility index (Phi) is 2.26. The number of hydrogen-bond acceptors (Lipinski definition) is 2. The van der Waals surface area contributed by atoms with E-state index in [1.54, 1.807) is 0 Å². The molecule has 1 aromatic rings. The molecule has 0 amide bonds. The van der Waals surface area contributed by atoms with Crippen LogP contribution >= 0.6 is 0 Å². The topological polar surface area (TPSA) is 49.8 Å². The summed E-state index contributed by atoms with van der Waals surface area (Å²) in [5.74, 6) is 1.17. The van der Waals surface area contributed by atoms with Gasteiger partial charge in [0.15, 0.2) is 0 Å². The fourth-order valence-corrected chi connectivity index (χ4v) is 2.07. The summed E-state index contributed by atoms with van der Waals surface area (Å²) < 4.78 is 0. The quantitative estimate of drug-likeness (QED) is 0.729. The second-order valence-corrected chi connectivity index (χ2v) is 4.10. The Morgan fingerprint density at radius 1 is 1.36 bits per heavy atom. The van der Waals surface area contributed by atoms with Crippen molar-refractivity contribution in [3.63, 3.8) is 0 Å². The van der Waals surface area contributed by atoms with Crippen LogP contribution in [0.4, 0.5) is 0 Å². The van der Waals surface area contributed by atoms with Gasteiger partial charge in [-0.25, -0.2) is 0 Å². The number of nitrogens with zero attached hydrogens (tertiary/aromatic N) is 1. The van der Waals surface area contributed by atoms with Gasteiger partial charge in [-0.05, 0) is 36.0 Å². The van der Waals surface area contributed by atoms with E-state index >= 15 is 0 Å². The third-order valence-corrected chi connectivity index (χ3v) is 3.30. The molecule has 0 heterocycles. The highest BCUT2D eigenvalue weighted by Crippen LogP contribution is 2.41. The fourth-order valence-electron chi connectivity index (χ4n) is 2.07. The minimum atomic E-state index is 0.357. The van der Waals surface area contributed by atoms with E-state index < -0.39 is 0 Å². The molecule has 2 nitrogen and oxygen atoms in total. The summed E-state index contributed by atoms with van der Waals surface area (Å²) in [6.45, 7) is 2.19. The van der Waals surface area contributed by atoms with E-state index in [2.05, 4.69) is 13.0 Å². The monoisotopic (exact) mass is 186 g/mol. The van der Waals surface area contributed by atoms with E-state index in [-0.39, 0.29) is 0 Å². The van der Waals surface area contributed by atoms with E-state index in [0.717, 1.165) is 12.0 Å². The molecule has 0 saturated heterocycles. The van der Waals surface area contributed by atoms with Gasteiger partial charge in [-0.1, -0.05) is 19.1 Å². The van der Waals surface area contributed by atoms with Crippen LogP contribution in [0, 0.1) is 17.2 Å². The molecule has 3 atom stereocenters. The lowest BCUT2D eigenvalue weighted by Crippen LogP contribution is -2.44. The van der Waals surface area contributed by atoms with Crippen molar-refractivity contribution in [2.75, 3.05) is 0 Å². The predicted molar refractivity (Wildman–Crippen MR) is 55.7 cm³/mol. The first-order valence-electron chi connectivity index (χ1n) is 4.98. The third-order valence-electron chi connectivity index (χ3n) is 3.30. The molecule has 1 saturated carbocycles. The van der Waals surface area contributed by atoms with Gasteiger partial charge in [-0.15, -0.1) is 0 Å². The van der Waals surface area contributed by atoms with Crippen molar-refractivity contribution < 1.29 is 0 Å². The van der Waals surface area contributed by atoms with Crippen molar-refractivity contribution in [2.24, 2.45) is 11.7 Å². The highest BCUT2D eigenvalue weighted by atomic mass is 14.7. The number of hydrogen-bond donors (Lipinski definition) is 1. The molecule has 0 spiro atoms. The predicted octanol–water partition coefficient (Wildman–Crippen LogP) is 2.01. The van der Waals surface area contributed by atoms with Crippen molar-refractivity contribution in [3.8, 4) is 6.07 Å². The summed E-state index contributed by atoms with van der Waals surface area (Å²) in [7, 11) is 0. The van der Waals surface area contributed by atoms with Crippen molar-refractivity contribution in [1.82, 2.24) is 0 Å². The Balaban J connectivity index is 2.15. The highest BCUT2D eigenvalue weighted by Gasteiger charge is 2.35. The van der Waals surface area contributed by atoms with Crippen LogP contribution in [0.25, 0.3) is 0 Å². The minimum Gasteiger partial charge on any atom is -0.327 e. The van der Waals surface area contributed by atoms with Gasteiger partial charge in [0.1, 0.15) is 0 Å². The molecule has 2 N–H and O–H groups in total. The summed E-state index contributed by atoms with van der Waals surface area (Å²) in [5, 5.41) is 8.66. The maximum absolute atomic E-state index is 8.66. The van der Waals surface area contributed by atoms with Crippen LogP contribution in [0.2, 0.25) is 0 Å². The van der Waals surface area contributed by atoms with Crippen LogP contribution in [-0.4, -0.2) is 6.04 Å². The Bertz CT molecular complexity index is 361. The summed E-state index contributed by atoms with van der Waals surface area (Å²) in [6, 6.07) is 10.3. The average molecular weight is 186 g/mol. The molecular weight excluding hydrogens is 172 g/mol. The van der Waals surface area contributed by atoms with Crippen LogP contribution in [0.1, 0.15) is 30.4 Å². The van der Waals surface area contributed by atoms with Gasteiger partial charge in [-0.3, -0.25) is 0 Å². The van der Waals surface area contributed by atoms with Gasteiger partial charge in [-0.2, -0.15) is 5.26 Å². The second kappa shape index (κ2) is 3.43. The van der Waals surface area contributed by atoms with E-state index in [1.165, 1.54) is 5.56 Å². The standard InChI is InChI=1S/C12H14N2/c1-8-11(6-12(8)14)10-4-2-9(7-13)3-5-10/h2-5,8,11-12H,6,14H2,1H3. The molecule has 2 rings (SSSR count). The zero-order valence-electron chi connectivity index (χ0n) is 8.27. The Hall–Kier alpha value is -1.33. The molecule has 1 fully saturated rings. The van der Waals surface area contributed by atoms with Gasteiger partial charge in [0.2, 0.25) is 0 Å². The third kappa shape index (κ3) is 1.40. The lowest BCUT2D eigenvalue weighted by atomic mass is 9.67. The number of nitriles is 1. The molecule has 0 aromatic heterocycles. The summed E-state index contributed by atoms with van der Waals surface area (Å²) in [6.07, 6.45) is 1.08. The molecule has 0 aliphatic heterocycles. The summed E-state index contributed by atoms with van der Waals surface area (Å²) in [5.41, 5.74) is 7.90. The zero-order chi connectivity index (χ0) is 10.1. The van der Waals surface area contributed by atoms with E-state index in [1.807, 2.05) is 24.3 Å². The first-order valence-corrected chi connectivity index (χ1v) is 4.98. The van der Waals surface area contributed by atoms with Gasteiger partial charge in [0, 0.05) is 6.04 Å². The molecule has 2 heteroatoms. The maximum Gasteiger partial charge on any atom is 0.0991 e. The summed E-state index contributed by atoms with van der Waals surface area (Å²) in [4.78, 5) is 0. The minimum absolute atomic E-state index is 0.357. The van der Waals surface area contributed by atoms with Gasteiger partial charge in [0.25, 0.3) is 0 Å². The largest absolute Gasteiger partial charge is 0.327 e. The summed E-state index contributed by atoms with van der Waals surface area (Å²) >= 11 is 0. The molecule has 1 aromatic carbocycles. The smallest absolute Gasteiger partial charge is 0.0991 e. The Morgan fingerprint density at radius 2 is 2.00 bits per heavy atom. The highest BCUT2D eigenvalue weighted by molar-refractivity contribution is 5.34. The van der Waals surface area contributed by atoms with Crippen LogP contribution in [0.15, 0.2) is 24.3 Å². The molecule has 0 bridgehead atoms. The first-order chi connectivity index (χ1) is 6.72. The average Bonchev–Trinajstić information content (AvgIpc) is 2.25. The van der Waals surface area contributed by atoms with Crippen LogP contribution in [0.3, 0.4) is 0 Å². The lowest BCUT2D eigenvalue weighted by Gasteiger charge is -2.40. The number of nitrogens with two attached hydrogens (primary N) is 1. The van der Waals surface area contributed by atoms with Crippen molar-refractivity contribution in [2.45, 2.75) is 25.3 Å². The maximum atomic E-state index is 8.66. The lowest BCUT2D eigenvalue weighted by molar-refractivity contribution is 0.226. The Labute approximate surface area is 84.3 Å². The van der Waals surface area contributed by atoms with Crippen molar-refractivity contribution >= 4 is 0 Å². The fraction of sp³-hybridized carbons (Fsp3) is 0.417. The number of benzene rings is 1. The van der Waals surface area contributed by atoms with E-state index in [9.17, 15) is 0 Å². The molecule has 3 unspecified atom stereocenters. The SMILES string of the molecule is CC1C(N)CC1c1ccc(C#N)cc1. The first kappa shape index (κ1) is 9.23. The second-order valence-electron chi connectivity index (χ2n) is 4.10. The molecular formula is C12H14N2. The van der Waals surface area contributed by atoms with Crippen LogP contribution in [0.5, 0.6) is 0 Å². The van der Waals surface area contributed by atoms with E-state index in [4.69, 9.17) is 11.0 Å². The van der Waals surface area contributed by atoms with Crippen molar-refractivity contribution in [3.05, 3.63) is 35.4 Å². The normalized spacial score (nSPS) is 30.5. The number of rotatable bonds is 1. The molecule has 1 aliphatic rings.